The third-order valence-electron chi connectivity index (χ3n) is 4.60. The third-order valence-corrected chi connectivity index (χ3v) is 4.60. The topological polar surface area (TPSA) is 87.7 Å². The summed E-state index contributed by atoms with van der Waals surface area (Å²) in [5, 5.41) is 22.4. The molecule has 142 valence electrons. The van der Waals surface area contributed by atoms with Crippen molar-refractivity contribution in [2.45, 2.75) is 25.3 Å². The highest BCUT2D eigenvalue weighted by Gasteiger charge is 2.20. The SMILES string of the molecule is C=CC(CO)CC(=CCOCC1CC(=C)c2ccc(O)cc2N1)CCN. The molecule has 2 atom stereocenters. The Labute approximate surface area is 155 Å². The number of anilines is 1. The van der Waals surface area contributed by atoms with Gasteiger partial charge < -0.3 is 26.0 Å². The molecule has 0 amide bonds. The fourth-order valence-corrected chi connectivity index (χ4v) is 3.16. The lowest BCUT2D eigenvalue weighted by Crippen LogP contribution is -2.29. The molecule has 5 nitrogen and oxygen atoms in total. The van der Waals surface area contributed by atoms with Crippen molar-refractivity contribution in [3.8, 4) is 5.75 Å². The summed E-state index contributed by atoms with van der Waals surface area (Å²) in [6, 6.07) is 5.41. The predicted molar refractivity (Wildman–Crippen MR) is 107 cm³/mol. The summed E-state index contributed by atoms with van der Waals surface area (Å²) in [6.07, 6.45) is 6.18. The van der Waals surface area contributed by atoms with E-state index in [0.29, 0.717) is 19.8 Å². The van der Waals surface area contributed by atoms with Crippen LogP contribution in [0.2, 0.25) is 0 Å². The van der Waals surface area contributed by atoms with Gasteiger partial charge in [-0.05, 0) is 43.5 Å². The first kappa shape index (κ1) is 20.2. The van der Waals surface area contributed by atoms with Gasteiger partial charge in [0.2, 0.25) is 0 Å². The zero-order chi connectivity index (χ0) is 18.9. The van der Waals surface area contributed by atoms with Crippen LogP contribution in [-0.4, -0.2) is 42.6 Å². The van der Waals surface area contributed by atoms with Crippen LogP contribution in [0.4, 0.5) is 5.69 Å². The summed E-state index contributed by atoms with van der Waals surface area (Å²) in [5.41, 5.74) is 9.84. The molecule has 1 aromatic carbocycles. The van der Waals surface area contributed by atoms with Crippen molar-refractivity contribution in [3.63, 3.8) is 0 Å². The van der Waals surface area contributed by atoms with Crippen LogP contribution in [-0.2, 0) is 4.74 Å². The minimum absolute atomic E-state index is 0.0558. The number of ether oxygens (including phenoxy) is 1. The second kappa shape index (κ2) is 10.2. The first-order chi connectivity index (χ1) is 12.6. The standard InChI is InChI=1S/C21H30N2O3/c1-3-16(13-24)11-17(6-8-22)7-9-26-14-18-10-15(2)20-5-4-19(25)12-21(20)23-18/h3-5,7,12,16,18,23-25H,1-2,6,8-11,13-14,22H2. The van der Waals surface area contributed by atoms with Crippen LogP contribution in [0, 0.1) is 5.92 Å². The molecule has 1 aromatic rings. The Balaban J connectivity index is 1.86. The number of phenolic OH excluding ortho intramolecular Hbond substituents is 1. The molecular weight excluding hydrogens is 328 g/mol. The Hall–Kier alpha value is -2.08. The molecule has 2 rings (SSSR count). The molecule has 0 radical (unpaired) electrons. The van der Waals surface area contributed by atoms with Crippen molar-refractivity contribution in [2.75, 3.05) is 31.7 Å². The average Bonchev–Trinajstić information content (AvgIpc) is 2.62. The number of aliphatic hydroxyl groups is 1. The first-order valence-corrected chi connectivity index (χ1v) is 9.04. The lowest BCUT2D eigenvalue weighted by molar-refractivity contribution is 0.151. The molecule has 0 saturated carbocycles. The zero-order valence-corrected chi connectivity index (χ0v) is 15.3. The van der Waals surface area contributed by atoms with E-state index in [9.17, 15) is 10.2 Å². The van der Waals surface area contributed by atoms with Gasteiger partial charge >= 0.3 is 0 Å². The van der Waals surface area contributed by atoms with Crippen LogP contribution in [0.3, 0.4) is 0 Å². The maximum atomic E-state index is 9.66. The highest BCUT2D eigenvalue weighted by molar-refractivity contribution is 5.79. The van der Waals surface area contributed by atoms with Crippen LogP contribution in [0.5, 0.6) is 5.75 Å². The number of aromatic hydroxyl groups is 1. The van der Waals surface area contributed by atoms with Gasteiger partial charge in [-0.3, -0.25) is 0 Å². The lowest BCUT2D eigenvalue weighted by Gasteiger charge is -2.28. The molecule has 0 aromatic heterocycles. The Morgan fingerprint density at radius 2 is 2.27 bits per heavy atom. The second-order valence-corrected chi connectivity index (χ2v) is 6.70. The molecule has 5 heteroatoms. The van der Waals surface area contributed by atoms with Gasteiger partial charge in [-0.2, -0.15) is 0 Å². The van der Waals surface area contributed by atoms with E-state index in [4.69, 9.17) is 10.5 Å². The fourth-order valence-electron chi connectivity index (χ4n) is 3.16. The Morgan fingerprint density at radius 3 is 2.96 bits per heavy atom. The van der Waals surface area contributed by atoms with Crippen molar-refractivity contribution >= 4 is 11.3 Å². The minimum Gasteiger partial charge on any atom is -0.508 e. The number of aliphatic hydroxyl groups excluding tert-OH is 1. The van der Waals surface area contributed by atoms with Gasteiger partial charge in [-0.25, -0.2) is 0 Å². The van der Waals surface area contributed by atoms with Crippen LogP contribution in [0.15, 0.2) is 49.1 Å². The van der Waals surface area contributed by atoms with Crippen LogP contribution >= 0.6 is 0 Å². The van der Waals surface area contributed by atoms with E-state index in [1.807, 2.05) is 6.07 Å². The molecule has 1 aliphatic rings. The maximum absolute atomic E-state index is 9.66. The number of fused-ring (bicyclic) bond motifs is 1. The van der Waals surface area contributed by atoms with Crippen LogP contribution in [0.1, 0.15) is 24.8 Å². The Kier molecular flexibility index (Phi) is 7.91. The van der Waals surface area contributed by atoms with Crippen molar-refractivity contribution in [1.82, 2.24) is 0 Å². The summed E-state index contributed by atoms with van der Waals surface area (Å²) in [4.78, 5) is 0. The number of hydrogen-bond acceptors (Lipinski definition) is 5. The largest absolute Gasteiger partial charge is 0.508 e. The minimum atomic E-state index is 0.0558. The molecule has 26 heavy (non-hydrogen) atoms. The molecule has 0 bridgehead atoms. The van der Waals surface area contributed by atoms with Gasteiger partial charge in [0.05, 0.1) is 19.3 Å². The van der Waals surface area contributed by atoms with Gasteiger partial charge in [0.25, 0.3) is 0 Å². The van der Waals surface area contributed by atoms with E-state index >= 15 is 0 Å². The van der Waals surface area contributed by atoms with Crippen molar-refractivity contribution < 1.29 is 14.9 Å². The van der Waals surface area contributed by atoms with Gasteiger partial charge in [0.15, 0.2) is 0 Å². The van der Waals surface area contributed by atoms with Crippen molar-refractivity contribution in [2.24, 2.45) is 11.7 Å². The molecule has 5 N–H and O–H groups in total. The number of nitrogens with two attached hydrogens (primary N) is 1. The first-order valence-electron chi connectivity index (χ1n) is 9.04. The van der Waals surface area contributed by atoms with Crippen molar-refractivity contribution in [3.05, 3.63) is 54.6 Å². The molecule has 0 spiro atoms. The normalized spacial score (nSPS) is 18.2. The molecule has 0 aliphatic carbocycles. The molecule has 0 fully saturated rings. The third kappa shape index (κ3) is 5.73. The summed E-state index contributed by atoms with van der Waals surface area (Å²) in [7, 11) is 0. The quantitative estimate of drug-likeness (QED) is 0.381. The van der Waals surface area contributed by atoms with Gasteiger partial charge in [0.1, 0.15) is 5.75 Å². The fraction of sp³-hybridized carbons (Fsp3) is 0.429. The number of nitrogens with one attached hydrogen (secondary N) is 1. The monoisotopic (exact) mass is 358 g/mol. The van der Waals surface area contributed by atoms with E-state index in [-0.39, 0.29) is 24.3 Å². The number of hydrogen-bond donors (Lipinski definition) is 4. The van der Waals surface area contributed by atoms with E-state index in [1.54, 1.807) is 18.2 Å². The van der Waals surface area contributed by atoms with Gasteiger partial charge in [-0.15, -0.1) is 6.58 Å². The highest BCUT2D eigenvalue weighted by Crippen LogP contribution is 2.34. The smallest absolute Gasteiger partial charge is 0.117 e. The zero-order valence-electron chi connectivity index (χ0n) is 15.3. The maximum Gasteiger partial charge on any atom is 0.117 e. The predicted octanol–water partition coefficient (Wildman–Crippen LogP) is 3.07. The van der Waals surface area contributed by atoms with Gasteiger partial charge in [0, 0.05) is 29.8 Å². The summed E-state index contributed by atoms with van der Waals surface area (Å²) < 4.78 is 5.82. The molecule has 2 unspecified atom stereocenters. The van der Waals surface area contributed by atoms with Crippen LogP contribution in [0.25, 0.3) is 5.57 Å². The van der Waals surface area contributed by atoms with Gasteiger partial charge in [-0.1, -0.05) is 24.3 Å². The highest BCUT2D eigenvalue weighted by atomic mass is 16.5. The lowest BCUT2D eigenvalue weighted by atomic mass is 9.94. The number of benzene rings is 1. The van der Waals surface area contributed by atoms with Crippen LogP contribution < -0.4 is 11.1 Å². The second-order valence-electron chi connectivity index (χ2n) is 6.70. The average molecular weight is 358 g/mol. The van der Waals surface area contributed by atoms with E-state index in [1.165, 1.54) is 5.57 Å². The summed E-state index contributed by atoms with van der Waals surface area (Å²) >= 11 is 0. The van der Waals surface area contributed by atoms with Crippen molar-refractivity contribution in [1.29, 1.82) is 0 Å². The van der Waals surface area contributed by atoms with E-state index in [0.717, 1.165) is 36.1 Å². The number of phenols is 1. The van der Waals surface area contributed by atoms with E-state index < -0.39 is 0 Å². The molecule has 1 aliphatic heterocycles. The Morgan fingerprint density at radius 1 is 1.46 bits per heavy atom. The molecule has 0 saturated heterocycles. The number of rotatable bonds is 10. The summed E-state index contributed by atoms with van der Waals surface area (Å²) in [5.74, 6) is 0.293. The molecular formula is C21H30N2O3. The summed E-state index contributed by atoms with van der Waals surface area (Å²) in [6.45, 7) is 9.60. The van der Waals surface area contributed by atoms with E-state index in [2.05, 4.69) is 24.6 Å². The Bertz CT molecular complexity index is 655. The molecule has 1 heterocycles.